The quantitative estimate of drug-likeness (QED) is 0.450. The molecule has 1 aromatic carbocycles. The highest BCUT2D eigenvalue weighted by atomic mass is 16.6. The van der Waals surface area contributed by atoms with Crippen LogP contribution in [0.2, 0.25) is 0 Å². The number of carboxylic acid groups (broad SMARTS) is 1. The second kappa shape index (κ2) is 11.8. The van der Waals surface area contributed by atoms with Crippen molar-refractivity contribution in [3.63, 3.8) is 0 Å². The number of carboxylic acids is 1. The van der Waals surface area contributed by atoms with Crippen molar-refractivity contribution in [3.8, 4) is 5.75 Å². The normalized spacial score (nSPS) is 29.0. The lowest BCUT2D eigenvalue weighted by atomic mass is 10.0. The Kier molecular flexibility index (Phi) is 8.35. The highest BCUT2D eigenvalue weighted by Gasteiger charge is 2.61. The third-order valence-corrected chi connectivity index (χ3v) is 8.26. The molecule has 1 aliphatic carbocycles. The third kappa shape index (κ3) is 6.60. The van der Waals surface area contributed by atoms with Gasteiger partial charge in [-0.25, -0.2) is 9.59 Å². The van der Waals surface area contributed by atoms with Crippen LogP contribution in [0, 0.1) is 5.92 Å². The van der Waals surface area contributed by atoms with Crippen molar-refractivity contribution < 1.29 is 33.8 Å². The van der Waals surface area contributed by atoms with Gasteiger partial charge in [0.15, 0.2) is 0 Å². The summed E-state index contributed by atoms with van der Waals surface area (Å²) in [6.45, 7) is 5.32. The topological polar surface area (TPSA) is 165 Å². The molecule has 1 aromatic heterocycles. The number of aromatic nitrogens is 3. The van der Waals surface area contributed by atoms with Crippen LogP contribution in [0.25, 0.3) is 11.0 Å². The number of hydrogen-bond acceptors (Lipinski definition) is 8. The van der Waals surface area contributed by atoms with Gasteiger partial charge >= 0.3 is 12.1 Å². The SMILES string of the molecule is COc1ccc2nn([C@H]3C[C@H]4C(=O)N[C@]5(C(=O)O)C[C@H]5/C=C\CCCCC[C@H](NC(=O)OC(C)(C)C)C(=O)N4C3)nc2c1. The zero-order valence-electron chi connectivity index (χ0n) is 25.0. The number of nitrogens with one attached hydrogen (secondary N) is 2. The van der Waals surface area contributed by atoms with Gasteiger partial charge in [0.05, 0.1) is 13.2 Å². The van der Waals surface area contributed by atoms with Crippen molar-refractivity contribution in [1.29, 1.82) is 0 Å². The molecule has 5 rings (SSSR count). The molecule has 5 atom stereocenters. The first-order valence-corrected chi connectivity index (χ1v) is 14.8. The number of hydrogen-bond donors (Lipinski definition) is 3. The van der Waals surface area contributed by atoms with Gasteiger partial charge < -0.3 is 30.1 Å². The second-order valence-corrected chi connectivity index (χ2v) is 12.6. The van der Waals surface area contributed by atoms with Gasteiger partial charge in [0.1, 0.15) is 40.0 Å². The molecule has 3 aliphatic rings. The van der Waals surface area contributed by atoms with Crippen molar-refractivity contribution in [2.45, 2.75) is 95.0 Å². The van der Waals surface area contributed by atoms with E-state index in [0.717, 1.165) is 19.3 Å². The van der Waals surface area contributed by atoms with Crippen LogP contribution in [0.4, 0.5) is 4.79 Å². The molecule has 2 fully saturated rings. The van der Waals surface area contributed by atoms with Crippen molar-refractivity contribution >= 4 is 34.9 Å². The molecule has 0 spiro atoms. The molecule has 3 N–H and O–H groups in total. The first-order valence-electron chi connectivity index (χ1n) is 14.8. The lowest BCUT2D eigenvalue weighted by Crippen LogP contribution is -2.56. The van der Waals surface area contributed by atoms with E-state index in [1.54, 1.807) is 46.1 Å². The number of amides is 3. The minimum absolute atomic E-state index is 0.102. The van der Waals surface area contributed by atoms with E-state index in [1.807, 2.05) is 12.2 Å². The van der Waals surface area contributed by atoms with Crippen molar-refractivity contribution in [3.05, 3.63) is 30.4 Å². The number of benzene rings is 1. The Morgan fingerprint density at radius 1 is 1.14 bits per heavy atom. The monoisotopic (exact) mass is 596 g/mol. The van der Waals surface area contributed by atoms with Gasteiger partial charge in [0, 0.05) is 24.9 Å². The standard InChI is InChI=1S/C30H40N6O7/c1-29(2,3)43-28(41)31-22-11-9-7-5-6-8-10-18-16-30(18,27(39)40)32-25(37)24-14-19(17-35(24)26(22)38)36-33-21-13-12-20(42-4)15-23(21)34-36/h8,10,12-13,15,18-19,22,24H,5-7,9,11,14,16-17H2,1-4H3,(H,31,41)(H,32,37)(H,39,40)/b10-8-/t18-,19+,22+,24+,30-/m1/s1. The van der Waals surface area contributed by atoms with E-state index in [-0.39, 0.29) is 25.3 Å². The van der Waals surface area contributed by atoms with Crippen LogP contribution in [-0.2, 0) is 19.1 Å². The highest BCUT2D eigenvalue weighted by Crippen LogP contribution is 2.45. The molecule has 2 aromatic rings. The van der Waals surface area contributed by atoms with Crippen LogP contribution in [0.3, 0.4) is 0 Å². The van der Waals surface area contributed by atoms with Gasteiger partial charge in [-0.15, -0.1) is 0 Å². The summed E-state index contributed by atoms with van der Waals surface area (Å²) in [6.07, 6.45) is 7.02. The van der Waals surface area contributed by atoms with Crippen LogP contribution in [-0.4, -0.2) is 85.8 Å². The Hall–Kier alpha value is -4.16. The van der Waals surface area contributed by atoms with Crippen molar-refractivity contribution in [1.82, 2.24) is 30.5 Å². The van der Waals surface area contributed by atoms with E-state index >= 15 is 0 Å². The predicted molar refractivity (Wildman–Crippen MR) is 155 cm³/mol. The molecule has 0 radical (unpaired) electrons. The Morgan fingerprint density at radius 3 is 2.63 bits per heavy atom. The van der Waals surface area contributed by atoms with Crippen molar-refractivity contribution in [2.24, 2.45) is 5.92 Å². The molecule has 0 bridgehead atoms. The smallest absolute Gasteiger partial charge is 0.408 e. The number of ether oxygens (including phenoxy) is 2. The third-order valence-electron chi connectivity index (χ3n) is 8.26. The highest BCUT2D eigenvalue weighted by molar-refractivity contribution is 5.96. The number of aliphatic carboxylic acids is 1. The minimum atomic E-state index is -1.41. The molecule has 3 heterocycles. The summed E-state index contributed by atoms with van der Waals surface area (Å²) in [5.41, 5.74) is -0.948. The first-order chi connectivity index (χ1) is 20.4. The van der Waals surface area contributed by atoms with Gasteiger partial charge in [-0.2, -0.15) is 15.0 Å². The van der Waals surface area contributed by atoms with E-state index in [1.165, 1.54) is 9.70 Å². The molecule has 43 heavy (non-hydrogen) atoms. The zero-order valence-corrected chi connectivity index (χ0v) is 25.0. The van der Waals surface area contributed by atoms with E-state index in [4.69, 9.17) is 9.47 Å². The molecule has 1 saturated heterocycles. The van der Waals surface area contributed by atoms with E-state index < -0.39 is 53.1 Å². The Bertz CT molecular complexity index is 1430. The molecule has 13 nitrogen and oxygen atoms in total. The fourth-order valence-electron chi connectivity index (χ4n) is 5.90. The summed E-state index contributed by atoms with van der Waals surface area (Å²) in [4.78, 5) is 55.9. The lowest BCUT2D eigenvalue weighted by molar-refractivity contribution is -0.145. The van der Waals surface area contributed by atoms with Gasteiger partial charge in [-0.3, -0.25) is 9.59 Å². The number of alkyl carbamates (subject to hydrolysis) is 1. The van der Waals surface area contributed by atoms with Gasteiger partial charge in [0.25, 0.3) is 0 Å². The van der Waals surface area contributed by atoms with Crippen LogP contribution < -0.4 is 15.4 Å². The average Bonchev–Trinajstić information content (AvgIpc) is 3.27. The van der Waals surface area contributed by atoms with Crippen LogP contribution in [0.15, 0.2) is 30.4 Å². The predicted octanol–water partition coefficient (Wildman–Crippen LogP) is 2.96. The summed E-state index contributed by atoms with van der Waals surface area (Å²) in [7, 11) is 1.56. The van der Waals surface area contributed by atoms with Crippen molar-refractivity contribution in [2.75, 3.05) is 13.7 Å². The van der Waals surface area contributed by atoms with Gasteiger partial charge in [-0.05, 0) is 58.6 Å². The van der Waals surface area contributed by atoms with Gasteiger partial charge in [-0.1, -0.05) is 25.0 Å². The maximum Gasteiger partial charge on any atom is 0.408 e. The molecule has 2 aliphatic heterocycles. The number of fused-ring (bicyclic) bond motifs is 3. The first kappa shape index (κ1) is 30.3. The molecular formula is C30H40N6O7. The van der Waals surface area contributed by atoms with E-state index in [0.29, 0.717) is 29.6 Å². The number of nitrogens with zero attached hydrogens (tertiary/aromatic N) is 4. The summed E-state index contributed by atoms with van der Waals surface area (Å²) >= 11 is 0. The molecule has 3 amide bonds. The summed E-state index contributed by atoms with van der Waals surface area (Å²) < 4.78 is 10.7. The largest absolute Gasteiger partial charge is 0.497 e. The summed E-state index contributed by atoms with van der Waals surface area (Å²) in [6, 6.07) is 2.92. The molecule has 232 valence electrons. The summed E-state index contributed by atoms with van der Waals surface area (Å²) in [5, 5.41) is 24.7. The van der Waals surface area contributed by atoms with E-state index in [9.17, 15) is 24.3 Å². The fraction of sp³-hybridized carbons (Fsp3) is 0.600. The number of allylic oxidation sites excluding steroid dienone is 1. The summed E-state index contributed by atoms with van der Waals surface area (Å²) in [5.74, 6) is -1.80. The number of carbonyl (C=O) groups excluding carboxylic acids is 3. The average molecular weight is 597 g/mol. The second-order valence-electron chi connectivity index (χ2n) is 12.6. The number of rotatable bonds is 4. The molecule has 0 unspecified atom stereocenters. The fourth-order valence-corrected chi connectivity index (χ4v) is 5.90. The lowest BCUT2D eigenvalue weighted by Gasteiger charge is -2.30. The van der Waals surface area contributed by atoms with Crippen LogP contribution in [0.5, 0.6) is 5.75 Å². The maximum absolute atomic E-state index is 14.1. The Labute approximate surface area is 249 Å². The van der Waals surface area contributed by atoms with Crippen LogP contribution in [0.1, 0.15) is 71.8 Å². The minimum Gasteiger partial charge on any atom is -0.497 e. The van der Waals surface area contributed by atoms with E-state index in [2.05, 4.69) is 20.8 Å². The number of methoxy groups -OCH3 is 1. The Balaban J connectivity index is 1.46. The molecular weight excluding hydrogens is 556 g/mol. The number of carbonyl (C=O) groups is 4. The Morgan fingerprint density at radius 2 is 1.91 bits per heavy atom. The van der Waals surface area contributed by atoms with Gasteiger partial charge in [0.2, 0.25) is 11.8 Å². The molecule has 13 heteroatoms. The zero-order chi connectivity index (χ0) is 30.9. The maximum atomic E-state index is 14.1. The van der Waals surface area contributed by atoms with Crippen LogP contribution >= 0.6 is 0 Å². The molecule has 1 saturated carbocycles.